The predicted molar refractivity (Wildman–Crippen MR) is 106 cm³/mol. The lowest BCUT2D eigenvalue weighted by Crippen LogP contribution is -2.38. The molecular formula is C20H21N7O. The Balaban J connectivity index is 1.48. The summed E-state index contributed by atoms with van der Waals surface area (Å²) in [5.41, 5.74) is 1.67. The molecule has 1 amide bonds. The first kappa shape index (κ1) is 17.8. The molecule has 1 aliphatic heterocycles. The Labute approximate surface area is 162 Å². The zero-order chi connectivity index (χ0) is 19.2. The van der Waals surface area contributed by atoms with Crippen molar-refractivity contribution in [2.75, 3.05) is 18.4 Å². The minimum absolute atomic E-state index is 0.0116. The average molecular weight is 375 g/mol. The van der Waals surface area contributed by atoms with Gasteiger partial charge in [0, 0.05) is 43.7 Å². The molecule has 1 aliphatic rings. The van der Waals surface area contributed by atoms with Gasteiger partial charge in [-0.05, 0) is 31.1 Å². The van der Waals surface area contributed by atoms with Crippen LogP contribution < -0.4 is 5.32 Å². The largest absolute Gasteiger partial charge is 0.345 e. The van der Waals surface area contributed by atoms with Crippen LogP contribution in [0, 0.1) is 0 Å². The number of carbonyl (C=O) groups is 1. The van der Waals surface area contributed by atoms with Crippen molar-refractivity contribution in [2.45, 2.75) is 18.8 Å². The number of nitrogens with one attached hydrogen (secondary N) is 2. The number of aromatic amines is 1. The molecule has 1 saturated heterocycles. The number of pyridine rings is 1. The lowest BCUT2D eigenvalue weighted by molar-refractivity contribution is -0.127. The van der Waals surface area contributed by atoms with Gasteiger partial charge < -0.3 is 15.2 Å². The van der Waals surface area contributed by atoms with Gasteiger partial charge in [0.2, 0.25) is 5.91 Å². The van der Waals surface area contributed by atoms with E-state index in [2.05, 4.69) is 30.2 Å². The Morgan fingerprint density at radius 1 is 1.21 bits per heavy atom. The number of anilines is 2. The maximum absolute atomic E-state index is 12.6. The molecule has 3 aromatic rings. The van der Waals surface area contributed by atoms with Gasteiger partial charge in [-0.25, -0.2) is 15.0 Å². The van der Waals surface area contributed by atoms with E-state index in [-0.39, 0.29) is 11.8 Å². The summed E-state index contributed by atoms with van der Waals surface area (Å²) in [6.45, 7) is 1.35. The van der Waals surface area contributed by atoms with E-state index in [9.17, 15) is 4.79 Å². The van der Waals surface area contributed by atoms with Crippen LogP contribution in [0.15, 0.2) is 55.4 Å². The molecule has 28 heavy (non-hydrogen) atoms. The summed E-state index contributed by atoms with van der Waals surface area (Å²) in [5, 5.41) is 3.24. The Bertz CT molecular complexity index is 940. The minimum atomic E-state index is -0.0116. The van der Waals surface area contributed by atoms with Gasteiger partial charge in [0.1, 0.15) is 5.82 Å². The first-order chi connectivity index (χ1) is 13.8. The highest BCUT2D eigenvalue weighted by atomic mass is 16.2. The van der Waals surface area contributed by atoms with Gasteiger partial charge in [0.25, 0.3) is 0 Å². The predicted octanol–water partition coefficient (Wildman–Crippen LogP) is 2.76. The van der Waals surface area contributed by atoms with Gasteiger partial charge in [-0.2, -0.15) is 0 Å². The van der Waals surface area contributed by atoms with Gasteiger partial charge in [0.05, 0.1) is 23.9 Å². The van der Waals surface area contributed by atoms with Gasteiger partial charge in [0.15, 0.2) is 5.82 Å². The molecule has 4 rings (SSSR count). The number of hydrogen-bond donors (Lipinski definition) is 2. The third-order valence-electron chi connectivity index (χ3n) is 4.68. The molecular weight excluding hydrogens is 354 g/mol. The molecule has 0 aromatic carbocycles. The Morgan fingerprint density at radius 2 is 2.14 bits per heavy atom. The summed E-state index contributed by atoms with van der Waals surface area (Å²) < 4.78 is 0. The van der Waals surface area contributed by atoms with E-state index in [0.717, 1.165) is 36.6 Å². The third kappa shape index (κ3) is 4.22. The summed E-state index contributed by atoms with van der Waals surface area (Å²) in [6.07, 6.45) is 13.6. The SMILES string of the molecule is O=C(/C=C/c1cnc[nH]1)N1CCC[C@@H](c2nccnc2Nc2ccccn2)C1. The first-order valence-corrected chi connectivity index (χ1v) is 9.24. The van der Waals surface area contributed by atoms with E-state index < -0.39 is 0 Å². The van der Waals surface area contributed by atoms with Crippen LogP contribution in [-0.4, -0.2) is 48.8 Å². The highest BCUT2D eigenvalue weighted by Crippen LogP contribution is 2.30. The number of imidazole rings is 1. The fourth-order valence-electron chi connectivity index (χ4n) is 3.33. The minimum Gasteiger partial charge on any atom is -0.345 e. The number of nitrogens with zero attached hydrogens (tertiary/aromatic N) is 5. The second-order valence-corrected chi connectivity index (χ2v) is 6.59. The standard InChI is InChI=1S/C20H21N7O/c28-18(7-6-16-12-21-14-25-16)27-11-3-4-15(13-27)19-20(24-10-9-23-19)26-17-5-1-2-8-22-17/h1-2,5-10,12,14-15H,3-4,11,13H2,(H,21,25)(H,22,24,26)/b7-6+/t15-/m1/s1. The molecule has 0 spiro atoms. The number of aromatic nitrogens is 5. The summed E-state index contributed by atoms with van der Waals surface area (Å²) >= 11 is 0. The van der Waals surface area contributed by atoms with Crippen molar-refractivity contribution in [1.82, 2.24) is 29.8 Å². The number of hydrogen-bond acceptors (Lipinski definition) is 6. The Morgan fingerprint density at radius 3 is 2.96 bits per heavy atom. The monoisotopic (exact) mass is 375 g/mol. The molecule has 0 radical (unpaired) electrons. The van der Waals surface area contributed by atoms with Crippen molar-refractivity contribution in [3.05, 3.63) is 66.8 Å². The maximum atomic E-state index is 12.6. The second kappa shape index (κ2) is 8.43. The van der Waals surface area contributed by atoms with Crippen LogP contribution in [-0.2, 0) is 4.79 Å². The van der Waals surface area contributed by atoms with Crippen LogP contribution in [0.4, 0.5) is 11.6 Å². The number of amides is 1. The third-order valence-corrected chi connectivity index (χ3v) is 4.68. The molecule has 2 N–H and O–H groups in total. The van der Waals surface area contributed by atoms with E-state index in [1.54, 1.807) is 43.3 Å². The number of rotatable bonds is 5. The fourth-order valence-corrected chi connectivity index (χ4v) is 3.33. The van der Waals surface area contributed by atoms with Crippen molar-refractivity contribution in [3.8, 4) is 0 Å². The fraction of sp³-hybridized carbons (Fsp3) is 0.250. The molecule has 0 unspecified atom stereocenters. The summed E-state index contributed by atoms with van der Waals surface area (Å²) in [4.78, 5) is 34.7. The lowest BCUT2D eigenvalue weighted by Gasteiger charge is -2.32. The molecule has 8 nitrogen and oxygen atoms in total. The Kier molecular flexibility index (Phi) is 5.37. The number of likely N-dealkylation sites (tertiary alicyclic amines) is 1. The molecule has 1 atom stereocenters. The maximum Gasteiger partial charge on any atom is 0.246 e. The number of carbonyl (C=O) groups excluding carboxylic acids is 1. The zero-order valence-corrected chi connectivity index (χ0v) is 15.3. The van der Waals surface area contributed by atoms with Crippen LogP contribution >= 0.6 is 0 Å². The quantitative estimate of drug-likeness (QED) is 0.665. The topological polar surface area (TPSA) is 99.7 Å². The smallest absolute Gasteiger partial charge is 0.246 e. The molecule has 3 aromatic heterocycles. The van der Waals surface area contributed by atoms with E-state index in [4.69, 9.17) is 0 Å². The van der Waals surface area contributed by atoms with E-state index in [0.29, 0.717) is 12.4 Å². The normalized spacial score (nSPS) is 17.0. The highest BCUT2D eigenvalue weighted by Gasteiger charge is 2.27. The lowest BCUT2D eigenvalue weighted by atomic mass is 9.94. The van der Waals surface area contributed by atoms with Gasteiger partial charge in [-0.15, -0.1) is 0 Å². The van der Waals surface area contributed by atoms with Crippen molar-refractivity contribution in [2.24, 2.45) is 0 Å². The summed E-state index contributed by atoms with van der Waals surface area (Å²) in [6, 6.07) is 5.66. The van der Waals surface area contributed by atoms with E-state index >= 15 is 0 Å². The molecule has 4 heterocycles. The van der Waals surface area contributed by atoms with Gasteiger partial charge in [-0.1, -0.05) is 6.07 Å². The molecule has 0 aliphatic carbocycles. The summed E-state index contributed by atoms with van der Waals surface area (Å²) in [7, 11) is 0. The van der Waals surface area contributed by atoms with Crippen LogP contribution in [0.25, 0.3) is 6.08 Å². The van der Waals surface area contributed by atoms with Crippen molar-refractivity contribution in [1.29, 1.82) is 0 Å². The molecule has 0 bridgehead atoms. The second-order valence-electron chi connectivity index (χ2n) is 6.59. The molecule has 1 fully saturated rings. The summed E-state index contributed by atoms with van der Waals surface area (Å²) in [5.74, 6) is 1.52. The van der Waals surface area contributed by atoms with Crippen LogP contribution in [0.2, 0.25) is 0 Å². The van der Waals surface area contributed by atoms with Crippen LogP contribution in [0.1, 0.15) is 30.1 Å². The van der Waals surface area contributed by atoms with Crippen LogP contribution in [0.3, 0.4) is 0 Å². The highest BCUT2D eigenvalue weighted by molar-refractivity contribution is 5.91. The molecule has 142 valence electrons. The van der Waals surface area contributed by atoms with Gasteiger partial charge in [-0.3, -0.25) is 9.78 Å². The Hall–Kier alpha value is -3.55. The van der Waals surface area contributed by atoms with Gasteiger partial charge >= 0.3 is 0 Å². The first-order valence-electron chi connectivity index (χ1n) is 9.24. The molecule has 0 saturated carbocycles. The van der Waals surface area contributed by atoms with Crippen molar-refractivity contribution < 1.29 is 4.79 Å². The number of piperidine rings is 1. The van der Waals surface area contributed by atoms with E-state index in [1.807, 2.05) is 23.1 Å². The van der Waals surface area contributed by atoms with Crippen molar-refractivity contribution in [3.63, 3.8) is 0 Å². The van der Waals surface area contributed by atoms with E-state index in [1.165, 1.54) is 0 Å². The molecule has 8 heteroatoms. The zero-order valence-electron chi connectivity index (χ0n) is 15.3. The van der Waals surface area contributed by atoms with Crippen molar-refractivity contribution >= 4 is 23.6 Å². The van der Waals surface area contributed by atoms with Crippen LogP contribution in [0.5, 0.6) is 0 Å². The number of H-pyrrole nitrogens is 1. The average Bonchev–Trinajstić information content (AvgIpc) is 3.27.